The lowest BCUT2D eigenvalue weighted by Crippen LogP contribution is -2.46. The number of halogens is 6. The summed E-state index contributed by atoms with van der Waals surface area (Å²) >= 11 is 6.01. The quantitative estimate of drug-likeness (QED) is 0.711. The van der Waals surface area contributed by atoms with Gasteiger partial charge in [0.2, 0.25) is 0 Å². The van der Waals surface area contributed by atoms with E-state index in [4.69, 9.17) is 11.6 Å². The maximum atomic E-state index is 13.1. The molecule has 1 heterocycles. The predicted octanol–water partition coefficient (Wildman–Crippen LogP) is 5.34. The van der Waals surface area contributed by atoms with Gasteiger partial charge in [0, 0.05) is 37.2 Å². The zero-order valence-electron chi connectivity index (χ0n) is 13.8. The van der Waals surface area contributed by atoms with Gasteiger partial charge in [-0.1, -0.05) is 24.4 Å². The summed E-state index contributed by atoms with van der Waals surface area (Å²) in [6, 6.07) is 4.09. The van der Waals surface area contributed by atoms with Gasteiger partial charge in [-0.15, -0.1) is 24.8 Å². The Morgan fingerprint density at radius 2 is 1.64 bits per heavy atom. The molecule has 0 radical (unpaired) electrons. The van der Waals surface area contributed by atoms with Crippen molar-refractivity contribution in [2.45, 2.75) is 37.9 Å². The number of hydrogen-bond donors (Lipinski definition) is 1. The summed E-state index contributed by atoms with van der Waals surface area (Å²) in [7, 11) is 0. The Hall–Kier alpha value is -0.200. The van der Waals surface area contributed by atoms with E-state index in [1.54, 1.807) is 6.07 Å². The van der Waals surface area contributed by atoms with Crippen LogP contribution in [-0.4, -0.2) is 31.1 Å². The highest BCUT2D eigenvalue weighted by Gasteiger charge is 2.35. The first-order valence-corrected chi connectivity index (χ1v) is 8.65. The molecule has 0 aromatic heterocycles. The number of nitrogens with zero attached hydrogens (tertiary/aromatic N) is 1. The van der Waals surface area contributed by atoms with Crippen LogP contribution in [0.3, 0.4) is 0 Å². The number of piperazine rings is 1. The van der Waals surface area contributed by atoms with Gasteiger partial charge in [-0.2, -0.15) is 13.2 Å². The highest BCUT2D eigenvalue weighted by atomic mass is 35.5. The molecule has 1 saturated carbocycles. The van der Waals surface area contributed by atoms with Crippen LogP contribution in [-0.2, 0) is 6.18 Å². The van der Waals surface area contributed by atoms with Crippen LogP contribution in [0.2, 0.25) is 5.02 Å². The number of rotatable bonds is 3. The molecule has 144 valence electrons. The van der Waals surface area contributed by atoms with E-state index in [-0.39, 0.29) is 35.9 Å². The second-order valence-electron chi connectivity index (χ2n) is 6.55. The second kappa shape index (κ2) is 9.65. The average molecular weight is 420 g/mol. The monoisotopic (exact) mass is 418 g/mol. The van der Waals surface area contributed by atoms with E-state index in [1.165, 1.54) is 18.9 Å². The first-order chi connectivity index (χ1) is 10.9. The molecule has 0 unspecified atom stereocenters. The fourth-order valence-corrected chi connectivity index (χ4v) is 4.20. The lowest BCUT2D eigenvalue weighted by Gasteiger charge is -2.39. The topological polar surface area (TPSA) is 15.3 Å². The fraction of sp³-hybridized carbons (Fsp3) is 0.647. The predicted molar refractivity (Wildman–Crippen MR) is 100 cm³/mol. The number of benzene rings is 1. The molecule has 0 spiro atoms. The van der Waals surface area contributed by atoms with Crippen molar-refractivity contribution < 1.29 is 13.2 Å². The molecule has 1 aliphatic heterocycles. The van der Waals surface area contributed by atoms with E-state index in [1.807, 2.05) is 0 Å². The van der Waals surface area contributed by atoms with Gasteiger partial charge in [-0.05, 0) is 42.5 Å². The molecule has 1 saturated heterocycles. The van der Waals surface area contributed by atoms with Crippen molar-refractivity contribution >= 4 is 36.4 Å². The maximum Gasteiger partial charge on any atom is 0.416 e. The third-order valence-corrected chi connectivity index (χ3v) is 5.20. The molecule has 1 aromatic rings. The molecule has 25 heavy (non-hydrogen) atoms. The van der Waals surface area contributed by atoms with Crippen LogP contribution >= 0.6 is 36.4 Å². The van der Waals surface area contributed by atoms with Gasteiger partial charge >= 0.3 is 6.18 Å². The molecule has 1 N–H and O–H groups in total. The van der Waals surface area contributed by atoms with Crippen LogP contribution in [0.5, 0.6) is 0 Å². The van der Waals surface area contributed by atoms with Gasteiger partial charge in [0.15, 0.2) is 0 Å². The van der Waals surface area contributed by atoms with Gasteiger partial charge in [0.05, 0.1) is 5.56 Å². The van der Waals surface area contributed by atoms with Gasteiger partial charge in [0.1, 0.15) is 0 Å². The number of nitrogens with one attached hydrogen (secondary N) is 1. The highest BCUT2D eigenvalue weighted by molar-refractivity contribution is 6.30. The molecule has 2 nitrogen and oxygen atoms in total. The molecule has 1 atom stereocenters. The second-order valence-corrected chi connectivity index (χ2v) is 6.98. The Bertz CT molecular complexity index is 542. The van der Waals surface area contributed by atoms with E-state index in [9.17, 15) is 13.2 Å². The number of alkyl halides is 3. The molecule has 1 aromatic carbocycles. The summed E-state index contributed by atoms with van der Waals surface area (Å²) < 4.78 is 39.4. The van der Waals surface area contributed by atoms with Crippen molar-refractivity contribution in [3.05, 3.63) is 34.3 Å². The Morgan fingerprint density at radius 1 is 1.04 bits per heavy atom. The molecule has 1 aliphatic carbocycles. The minimum atomic E-state index is -4.36. The van der Waals surface area contributed by atoms with Crippen molar-refractivity contribution in [1.29, 1.82) is 0 Å². The van der Waals surface area contributed by atoms with Crippen LogP contribution in [0.25, 0.3) is 0 Å². The molecular formula is C17H24Cl3F3N2. The molecule has 8 heteroatoms. The zero-order chi connectivity index (χ0) is 16.4. The van der Waals surface area contributed by atoms with E-state index < -0.39 is 11.7 Å². The van der Waals surface area contributed by atoms with Crippen molar-refractivity contribution in [2.75, 3.05) is 26.2 Å². The maximum absolute atomic E-state index is 13.1. The molecule has 0 bridgehead atoms. The molecule has 2 aliphatic rings. The summed E-state index contributed by atoms with van der Waals surface area (Å²) in [5.74, 6) is 0.424. The van der Waals surface area contributed by atoms with Crippen LogP contribution in [0.1, 0.15) is 42.9 Å². The van der Waals surface area contributed by atoms with Gasteiger partial charge in [-0.3, -0.25) is 4.90 Å². The van der Waals surface area contributed by atoms with Crippen molar-refractivity contribution in [2.24, 2.45) is 5.92 Å². The van der Waals surface area contributed by atoms with Crippen LogP contribution < -0.4 is 5.32 Å². The summed E-state index contributed by atoms with van der Waals surface area (Å²) in [5.41, 5.74) is 0.0803. The molecule has 2 fully saturated rings. The third-order valence-electron chi connectivity index (χ3n) is 4.98. The van der Waals surface area contributed by atoms with E-state index in [0.717, 1.165) is 50.7 Å². The van der Waals surface area contributed by atoms with Gasteiger partial charge in [-0.25, -0.2) is 0 Å². The fourth-order valence-electron chi connectivity index (χ4n) is 3.96. The van der Waals surface area contributed by atoms with Crippen molar-refractivity contribution in [3.8, 4) is 0 Å². The normalized spacial score (nSPS) is 20.6. The zero-order valence-corrected chi connectivity index (χ0v) is 16.2. The van der Waals surface area contributed by atoms with E-state index in [0.29, 0.717) is 5.92 Å². The molecule has 0 amide bonds. The van der Waals surface area contributed by atoms with Crippen LogP contribution in [0.4, 0.5) is 13.2 Å². The van der Waals surface area contributed by atoms with E-state index >= 15 is 0 Å². The Balaban J connectivity index is 0.00000156. The number of hydrogen-bond acceptors (Lipinski definition) is 2. The first-order valence-electron chi connectivity index (χ1n) is 8.27. The van der Waals surface area contributed by atoms with Gasteiger partial charge in [0.25, 0.3) is 0 Å². The Kier molecular flexibility index (Phi) is 8.82. The summed E-state index contributed by atoms with van der Waals surface area (Å²) in [6.07, 6.45) is 0.147. The largest absolute Gasteiger partial charge is 0.416 e. The minimum Gasteiger partial charge on any atom is -0.314 e. The minimum absolute atomic E-state index is 0. The van der Waals surface area contributed by atoms with Crippen LogP contribution in [0, 0.1) is 5.92 Å². The Morgan fingerprint density at radius 3 is 2.20 bits per heavy atom. The lowest BCUT2D eigenvalue weighted by atomic mass is 9.89. The molecule has 3 rings (SSSR count). The smallest absolute Gasteiger partial charge is 0.314 e. The highest BCUT2D eigenvalue weighted by Crippen LogP contribution is 2.42. The van der Waals surface area contributed by atoms with Gasteiger partial charge < -0.3 is 5.32 Å². The summed E-state index contributed by atoms with van der Waals surface area (Å²) in [4.78, 5) is 2.33. The third kappa shape index (κ3) is 5.64. The average Bonchev–Trinajstić information content (AvgIpc) is 3.01. The van der Waals surface area contributed by atoms with Crippen LogP contribution in [0.15, 0.2) is 18.2 Å². The first kappa shape index (κ1) is 22.8. The van der Waals surface area contributed by atoms with Crippen molar-refractivity contribution in [3.63, 3.8) is 0 Å². The lowest BCUT2D eigenvalue weighted by molar-refractivity contribution is -0.137. The SMILES string of the molecule is Cl.Cl.FC(F)(F)c1cc(Cl)cc([C@@H](C2CCCC2)N2CCNCC2)c1. The summed E-state index contributed by atoms with van der Waals surface area (Å²) in [6.45, 7) is 3.51. The Labute approximate surface area is 164 Å². The standard InChI is InChI=1S/C17H22ClF3N2.2ClH/c18-15-10-13(9-14(11-15)17(19,20)21)16(12-3-1-2-4-12)23-7-5-22-6-8-23;;/h9-12,16,22H,1-8H2;2*1H/t16-;;/m1../s1. The summed E-state index contributed by atoms with van der Waals surface area (Å²) in [5, 5.41) is 3.48. The van der Waals surface area contributed by atoms with Crippen molar-refractivity contribution in [1.82, 2.24) is 10.2 Å². The molecular weight excluding hydrogens is 396 g/mol. The van der Waals surface area contributed by atoms with E-state index in [2.05, 4.69) is 10.2 Å².